The molecule has 0 aliphatic heterocycles. The average molecular weight is 195 g/mol. The number of anilines is 1. The topological polar surface area (TPSA) is 12.0 Å². The molecule has 0 amide bonds. The van der Waals surface area contributed by atoms with Crippen molar-refractivity contribution in [1.29, 1.82) is 0 Å². The summed E-state index contributed by atoms with van der Waals surface area (Å²) in [4.78, 5) is 0. The third-order valence-electron chi connectivity index (χ3n) is 2.08. The fourth-order valence-electron chi connectivity index (χ4n) is 1.17. The fourth-order valence-corrected chi connectivity index (χ4v) is 1.17. The molecule has 0 unspecified atom stereocenters. The quantitative estimate of drug-likeness (QED) is 0.776. The molecular weight excluding hydrogens is 177 g/mol. The van der Waals surface area contributed by atoms with Crippen molar-refractivity contribution in [2.75, 3.05) is 11.9 Å². The van der Waals surface area contributed by atoms with Gasteiger partial charge in [-0.05, 0) is 38.0 Å². The highest BCUT2D eigenvalue weighted by Crippen LogP contribution is 2.13. The number of aryl methyl sites for hydroxylation is 1. The van der Waals surface area contributed by atoms with Crippen LogP contribution in [0.2, 0.25) is 0 Å². The van der Waals surface area contributed by atoms with Gasteiger partial charge in [0.15, 0.2) is 0 Å². The summed E-state index contributed by atoms with van der Waals surface area (Å²) < 4.78 is 13.2. The van der Waals surface area contributed by atoms with Crippen LogP contribution in [0.25, 0.3) is 0 Å². The maximum absolute atomic E-state index is 13.2. The van der Waals surface area contributed by atoms with Gasteiger partial charge in [-0.15, -0.1) is 0 Å². The second-order valence-corrected chi connectivity index (χ2v) is 4.12. The molecule has 0 saturated carbocycles. The minimum Gasteiger partial charge on any atom is -0.382 e. The Balaban J connectivity index is 2.52. The molecular formula is C12H18FN. The van der Waals surface area contributed by atoms with Crippen molar-refractivity contribution >= 4 is 5.69 Å². The van der Waals surface area contributed by atoms with E-state index in [1.54, 1.807) is 13.8 Å². The first-order valence-electron chi connectivity index (χ1n) is 5.03. The maximum atomic E-state index is 13.2. The van der Waals surface area contributed by atoms with Gasteiger partial charge in [-0.25, -0.2) is 4.39 Å². The summed E-state index contributed by atoms with van der Waals surface area (Å²) >= 11 is 0. The van der Waals surface area contributed by atoms with Crippen LogP contribution in [0.4, 0.5) is 10.1 Å². The van der Waals surface area contributed by atoms with Gasteiger partial charge < -0.3 is 5.32 Å². The summed E-state index contributed by atoms with van der Waals surface area (Å²) in [5.41, 5.74) is 1.12. The molecule has 78 valence electrons. The summed E-state index contributed by atoms with van der Waals surface area (Å²) in [5, 5.41) is 3.06. The zero-order chi connectivity index (χ0) is 10.6. The van der Waals surface area contributed by atoms with E-state index >= 15 is 0 Å². The van der Waals surface area contributed by atoms with Crippen LogP contribution in [0, 0.1) is 0 Å². The van der Waals surface area contributed by atoms with E-state index in [0.29, 0.717) is 6.54 Å². The molecule has 0 radical (unpaired) electrons. The van der Waals surface area contributed by atoms with Gasteiger partial charge in [0.1, 0.15) is 5.67 Å². The molecule has 1 N–H and O–H groups in total. The first-order chi connectivity index (χ1) is 6.51. The number of nitrogens with one attached hydrogen (secondary N) is 1. The highest BCUT2D eigenvalue weighted by atomic mass is 19.1. The van der Waals surface area contributed by atoms with Crippen molar-refractivity contribution < 1.29 is 4.39 Å². The Morgan fingerprint density at radius 3 is 2.21 bits per heavy atom. The fraction of sp³-hybridized carbons (Fsp3) is 0.500. The molecule has 1 aromatic carbocycles. The Morgan fingerprint density at radius 1 is 1.21 bits per heavy atom. The van der Waals surface area contributed by atoms with Crippen LogP contribution in [0.5, 0.6) is 0 Å². The van der Waals surface area contributed by atoms with Crippen LogP contribution < -0.4 is 5.32 Å². The van der Waals surface area contributed by atoms with Gasteiger partial charge in [0.25, 0.3) is 0 Å². The molecule has 0 atom stereocenters. The van der Waals surface area contributed by atoms with E-state index in [2.05, 4.69) is 24.4 Å². The molecule has 0 aromatic heterocycles. The Labute approximate surface area is 85.3 Å². The standard InChI is InChI=1S/C12H18FN/c1-4-10-5-7-11(8-6-10)14-9-12(2,3)13/h5-8,14H,4,9H2,1-3H3. The van der Waals surface area contributed by atoms with Gasteiger partial charge in [0.2, 0.25) is 0 Å². The SMILES string of the molecule is CCc1ccc(NCC(C)(C)F)cc1. The molecule has 14 heavy (non-hydrogen) atoms. The van der Waals surface area contributed by atoms with Crippen LogP contribution in [0.15, 0.2) is 24.3 Å². The van der Waals surface area contributed by atoms with Crippen molar-refractivity contribution in [3.8, 4) is 0 Å². The van der Waals surface area contributed by atoms with Crippen molar-refractivity contribution in [3.05, 3.63) is 29.8 Å². The molecule has 0 aliphatic carbocycles. The summed E-state index contributed by atoms with van der Waals surface area (Å²) in [6.45, 7) is 5.60. The van der Waals surface area contributed by atoms with Crippen molar-refractivity contribution in [2.24, 2.45) is 0 Å². The Kier molecular flexibility index (Phi) is 3.50. The van der Waals surface area contributed by atoms with Gasteiger partial charge in [-0.3, -0.25) is 0 Å². The number of alkyl halides is 1. The zero-order valence-electron chi connectivity index (χ0n) is 9.10. The van der Waals surface area contributed by atoms with Gasteiger partial charge in [0, 0.05) is 12.2 Å². The lowest BCUT2D eigenvalue weighted by Gasteiger charge is -2.15. The largest absolute Gasteiger partial charge is 0.382 e. The number of rotatable bonds is 4. The van der Waals surface area contributed by atoms with Crippen molar-refractivity contribution in [3.63, 3.8) is 0 Å². The molecule has 1 rings (SSSR count). The number of hydrogen-bond acceptors (Lipinski definition) is 1. The minimum absolute atomic E-state index is 0.346. The molecule has 0 fully saturated rings. The molecule has 0 aliphatic rings. The lowest BCUT2D eigenvalue weighted by Crippen LogP contribution is -2.24. The predicted octanol–water partition coefficient (Wildman–Crippen LogP) is 3.41. The number of halogens is 1. The lowest BCUT2D eigenvalue weighted by atomic mass is 10.1. The van der Waals surface area contributed by atoms with E-state index < -0.39 is 5.67 Å². The van der Waals surface area contributed by atoms with Crippen LogP contribution in [-0.4, -0.2) is 12.2 Å². The number of benzene rings is 1. The van der Waals surface area contributed by atoms with Crippen LogP contribution >= 0.6 is 0 Å². The van der Waals surface area contributed by atoms with Crippen LogP contribution in [-0.2, 0) is 6.42 Å². The van der Waals surface area contributed by atoms with E-state index in [0.717, 1.165) is 12.1 Å². The second kappa shape index (κ2) is 4.45. The smallest absolute Gasteiger partial charge is 0.122 e. The molecule has 0 heterocycles. The Hall–Kier alpha value is -1.05. The average Bonchev–Trinajstić information content (AvgIpc) is 2.14. The van der Waals surface area contributed by atoms with Gasteiger partial charge >= 0.3 is 0 Å². The summed E-state index contributed by atoms with van der Waals surface area (Å²) in [6.07, 6.45) is 1.04. The highest BCUT2D eigenvalue weighted by Gasteiger charge is 2.14. The van der Waals surface area contributed by atoms with Crippen LogP contribution in [0.3, 0.4) is 0 Å². The summed E-state index contributed by atoms with van der Waals surface area (Å²) in [5.74, 6) is 0. The second-order valence-electron chi connectivity index (χ2n) is 4.12. The van der Waals surface area contributed by atoms with E-state index in [1.807, 2.05) is 12.1 Å². The lowest BCUT2D eigenvalue weighted by molar-refractivity contribution is 0.235. The summed E-state index contributed by atoms with van der Waals surface area (Å²) in [6, 6.07) is 8.11. The minimum atomic E-state index is -1.16. The highest BCUT2D eigenvalue weighted by molar-refractivity contribution is 5.44. The first kappa shape index (κ1) is 11.0. The van der Waals surface area contributed by atoms with Gasteiger partial charge in [-0.2, -0.15) is 0 Å². The first-order valence-corrected chi connectivity index (χ1v) is 5.03. The van der Waals surface area contributed by atoms with Crippen molar-refractivity contribution in [2.45, 2.75) is 32.9 Å². The molecule has 0 bridgehead atoms. The van der Waals surface area contributed by atoms with Gasteiger partial charge in [0.05, 0.1) is 0 Å². The molecule has 0 spiro atoms. The molecule has 1 aromatic rings. The number of hydrogen-bond donors (Lipinski definition) is 1. The molecule has 0 saturated heterocycles. The van der Waals surface area contributed by atoms with E-state index in [4.69, 9.17) is 0 Å². The van der Waals surface area contributed by atoms with E-state index in [9.17, 15) is 4.39 Å². The Bertz CT molecular complexity index is 271. The monoisotopic (exact) mass is 195 g/mol. The summed E-state index contributed by atoms with van der Waals surface area (Å²) in [7, 11) is 0. The molecule has 1 nitrogen and oxygen atoms in total. The predicted molar refractivity (Wildman–Crippen MR) is 59.5 cm³/mol. The maximum Gasteiger partial charge on any atom is 0.122 e. The molecule has 2 heteroatoms. The third-order valence-corrected chi connectivity index (χ3v) is 2.08. The van der Waals surface area contributed by atoms with Crippen LogP contribution in [0.1, 0.15) is 26.3 Å². The van der Waals surface area contributed by atoms with E-state index in [-0.39, 0.29) is 0 Å². The van der Waals surface area contributed by atoms with Crippen molar-refractivity contribution in [1.82, 2.24) is 0 Å². The third kappa shape index (κ3) is 3.77. The van der Waals surface area contributed by atoms with E-state index in [1.165, 1.54) is 5.56 Å². The Morgan fingerprint density at radius 2 is 1.79 bits per heavy atom. The normalized spacial score (nSPS) is 11.4. The van der Waals surface area contributed by atoms with Gasteiger partial charge in [-0.1, -0.05) is 19.1 Å². The zero-order valence-corrected chi connectivity index (χ0v) is 9.10.